The zero-order chi connectivity index (χ0) is 20.2. The molecule has 30 heavy (non-hydrogen) atoms. The molecule has 0 radical (unpaired) electrons. The molecule has 0 amide bonds. The second-order valence-electron chi connectivity index (χ2n) is 10.1. The zero-order valence-corrected chi connectivity index (χ0v) is 18.0. The molecule has 6 rings (SSSR count). The lowest BCUT2D eigenvalue weighted by molar-refractivity contribution is 0.238. The molecule has 6 heteroatoms. The molecule has 4 aliphatic rings. The first-order chi connectivity index (χ1) is 14.6. The molecule has 2 aromatic heterocycles. The van der Waals surface area contributed by atoms with Crippen molar-refractivity contribution in [2.45, 2.75) is 38.6 Å². The van der Waals surface area contributed by atoms with Crippen LogP contribution < -0.4 is 5.32 Å². The van der Waals surface area contributed by atoms with E-state index in [0.29, 0.717) is 6.04 Å². The summed E-state index contributed by atoms with van der Waals surface area (Å²) in [5.41, 5.74) is 3.05. The second kappa shape index (κ2) is 7.19. The third kappa shape index (κ3) is 3.16. The van der Waals surface area contributed by atoms with Gasteiger partial charge in [0, 0.05) is 32.7 Å². The standard InChI is InChI=1S/C24H32N6/c1-15-11-25-29(2)24(15)22-7-8-23(28-27-22)26-21-6-5-18-12-30(14-20(18)21)13-19-10-16-3-4-17(19)9-16/h3-4,7-8,11,16-21H,5-6,9-10,12-14H2,1-2H3,(H,26,28). The fourth-order valence-corrected chi connectivity index (χ4v) is 6.76. The molecule has 6 atom stereocenters. The summed E-state index contributed by atoms with van der Waals surface area (Å²) in [5.74, 6) is 5.15. The Hall–Kier alpha value is -2.21. The van der Waals surface area contributed by atoms with Crippen LogP contribution in [-0.4, -0.2) is 50.6 Å². The fraction of sp³-hybridized carbons (Fsp3) is 0.625. The van der Waals surface area contributed by atoms with Crippen molar-refractivity contribution >= 4 is 5.82 Å². The van der Waals surface area contributed by atoms with Gasteiger partial charge in [-0.15, -0.1) is 10.2 Å². The summed E-state index contributed by atoms with van der Waals surface area (Å²) in [6.45, 7) is 5.92. The van der Waals surface area contributed by atoms with E-state index in [2.05, 4.69) is 56.7 Å². The average molecular weight is 405 g/mol. The van der Waals surface area contributed by atoms with Crippen LogP contribution in [0.25, 0.3) is 11.4 Å². The summed E-state index contributed by atoms with van der Waals surface area (Å²) in [7, 11) is 1.95. The van der Waals surface area contributed by atoms with Crippen molar-refractivity contribution in [2.75, 3.05) is 25.0 Å². The Balaban J connectivity index is 1.09. The molecule has 1 N–H and O–H groups in total. The van der Waals surface area contributed by atoms with Crippen molar-refractivity contribution in [2.24, 2.45) is 36.6 Å². The van der Waals surface area contributed by atoms with Crippen LogP contribution in [0.4, 0.5) is 5.82 Å². The van der Waals surface area contributed by atoms with E-state index in [4.69, 9.17) is 0 Å². The first-order valence-electron chi connectivity index (χ1n) is 11.6. The summed E-state index contributed by atoms with van der Waals surface area (Å²) in [6, 6.07) is 4.67. The molecule has 0 spiro atoms. The molecular formula is C24H32N6. The Kier molecular flexibility index (Phi) is 4.44. The number of aromatic nitrogens is 4. The van der Waals surface area contributed by atoms with Gasteiger partial charge >= 0.3 is 0 Å². The maximum absolute atomic E-state index is 4.50. The van der Waals surface area contributed by atoms with E-state index >= 15 is 0 Å². The lowest BCUT2D eigenvalue weighted by Gasteiger charge is -2.26. The molecule has 3 heterocycles. The van der Waals surface area contributed by atoms with Gasteiger partial charge in [-0.1, -0.05) is 12.2 Å². The highest BCUT2D eigenvalue weighted by atomic mass is 15.3. The number of aryl methyl sites for hydroxylation is 2. The SMILES string of the molecule is Cc1cnn(C)c1-c1ccc(NC2CCC3CN(CC4CC5C=CC4C5)CC32)nn1. The summed E-state index contributed by atoms with van der Waals surface area (Å²) in [4.78, 5) is 2.77. The molecule has 6 nitrogen and oxygen atoms in total. The van der Waals surface area contributed by atoms with Crippen LogP contribution >= 0.6 is 0 Å². The molecule has 2 saturated carbocycles. The highest BCUT2D eigenvalue weighted by Crippen LogP contribution is 2.45. The molecular weight excluding hydrogens is 372 g/mol. The van der Waals surface area contributed by atoms with Gasteiger partial charge < -0.3 is 10.2 Å². The van der Waals surface area contributed by atoms with Crippen LogP contribution in [-0.2, 0) is 7.05 Å². The number of nitrogens with one attached hydrogen (secondary N) is 1. The third-order valence-electron chi connectivity index (χ3n) is 8.20. The normalized spacial score (nSPS) is 34.7. The Labute approximate surface area is 178 Å². The van der Waals surface area contributed by atoms with E-state index in [-0.39, 0.29) is 0 Å². The summed E-state index contributed by atoms with van der Waals surface area (Å²) in [5, 5.41) is 17.0. The first-order valence-corrected chi connectivity index (χ1v) is 11.6. The molecule has 1 aliphatic heterocycles. The number of anilines is 1. The van der Waals surface area contributed by atoms with Crippen molar-refractivity contribution in [1.29, 1.82) is 0 Å². The van der Waals surface area contributed by atoms with E-state index in [1.807, 2.05) is 17.9 Å². The van der Waals surface area contributed by atoms with Crippen LogP contribution in [0.5, 0.6) is 0 Å². The van der Waals surface area contributed by atoms with Crippen LogP contribution in [0.1, 0.15) is 31.2 Å². The van der Waals surface area contributed by atoms with Crippen molar-refractivity contribution in [3.05, 3.63) is 36.0 Å². The lowest BCUT2D eigenvalue weighted by atomic mass is 9.93. The highest BCUT2D eigenvalue weighted by Gasteiger charge is 2.44. The van der Waals surface area contributed by atoms with E-state index in [1.54, 1.807) is 0 Å². The predicted molar refractivity (Wildman–Crippen MR) is 118 cm³/mol. The number of hydrogen-bond acceptors (Lipinski definition) is 5. The minimum Gasteiger partial charge on any atom is -0.366 e. The predicted octanol–water partition coefficient (Wildman–Crippen LogP) is 3.52. The third-order valence-corrected chi connectivity index (χ3v) is 8.20. The highest BCUT2D eigenvalue weighted by molar-refractivity contribution is 5.59. The van der Waals surface area contributed by atoms with Gasteiger partial charge in [0.05, 0.1) is 11.9 Å². The summed E-state index contributed by atoms with van der Waals surface area (Å²) in [6.07, 6.45) is 12.3. The van der Waals surface area contributed by atoms with Crippen LogP contribution in [0.15, 0.2) is 30.5 Å². The Morgan fingerprint density at radius 3 is 2.73 bits per heavy atom. The molecule has 1 saturated heterocycles. The maximum atomic E-state index is 4.50. The van der Waals surface area contributed by atoms with Crippen molar-refractivity contribution < 1.29 is 0 Å². The van der Waals surface area contributed by atoms with Crippen LogP contribution in [0, 0.1) is 36.5 Å². The van der Waals surface area contributed by atoms with Crippen molar-refractivity contribution in [1.82, 2.24) is 24.9 Å². The number of nitrogens with zero attached hydrogens (tertiary/aromatic N) is 5. The van der Waals surface area contributed by atoms with Gasteiger partial charge in [-0.3, -0.25) is 4.68 Å². The minimum atomic E-state index is 0.526. The quantitative estimate of drug-likeness (QED) is 0.773. The maximum Gasteiger partial charge on any atom is 0.148 e. The molecule has 2 aromatic rings. The molecule has 3 aliphatic carbocycles. The van der Waals surface area contributed by atoms with Crippen molar-refractivity contribution in [3.63, 3.8) is 0 Å². The largest absolute Gasteiger partial charge is 0.366 e. The Bertz CT molecular complexity index is 928. The first kappa shape index (κ1) is 18.6. The number of allylic oxidation sites excluding steroid dienone is 2. The van der Waals surface area contributed by atoms with Crippen LogP contribution in [0.2, 0.25) is 0 Å². The average Bonchev–Trinajstić information content (AvgIpc) is 3.54. The van der Waals surface area contributed by atoms with E-state index in [0.717, 1.165) is 52.4 Å². The van der Waals surface area contributed by atoms with Gasteiger partial charge in [0.25, 0.3) is 0 Å². The van der Waals surface area contributed by atoms with Crippen LogP contribution in [0.3, 0.4) is 0 Å². The van der Waals surface area contributed by atoms with Gasteiger partial charge in [-0.25, -0.2) is 0 Å². The molecule has 0 aromatic carbocycles. The number of hydrogen-bond donors (Lipinski definition) is 1. The topological polar surface area (TPSA) is 58.9 Å². The van der Waals surface area contributed by atoms with Gasteiger partial charge in [-0.05, 0) is 79.9 Å². The molecule has 6 unspecified atom stereocenters. The molecule has 2 bridgehead atoms. The van der Waals surface area contributed by atoms with Gasteiger partial charge in [0.2, 0.25) is 0 Å². The fourth-order valence-electron chi connectivity index (χ4n) is 6.76. The Morgan fingerprint density at radius 1 is 1.10 bits per heavy atom. The molecule has 3 fully saturated rings. The second-order valence-corrected chi connectivity index (χ2v) is 10.1. The van der Waals surface area contributed by atoms with Crippen molar-refractivity contribution in [3.8, 4) is 11.4 Å². The number of rotatable bonds is 5. The smallest absolute Gasteiger partial charge is 0.148 e. The van der Waals surface area contributed by atoms with E-state index < -0.39 is 0 Å². The summed E-state index contributed by atoms with van der Waals surface area (Å²) >= 11 is 0. The van der Waals surface area contributed by atoms with Gasteiger partial charge in [0.15, 0.2) is 0 Å². The summed E-state index contributed by atoms with van der Waals surface area (Å²) < 4.78 is 1.87. The monoisotopic (exact) mass is 404 g/mol. The number of fused-ring (bicyclic) bond motifs is 3. The zero-order valence-electron chi connectivity index (χ0n) is 18.0. The lowest BCUT2D eigenvalue weighted by Crippen LogP contribution is -2.33. The van der Waals surface area contributed by atoms with Gasteiger partial charge in [-0.2, -0.15) is 5.10 Å². The number of likely N-dealkylation sites (tertiary alicyclic amines) is 1. The minimum absolute atomic E-state index is 0.526. The Morgan fingerprint density at radius 2 is 2.03 bits per heavy atom. The van der Waals surface area contributed by atoms with E-state index in [1.165, 1.54) is 45.3 Å². The van der Waals surface area contributed by atoms with Gasteiger partial charge in [0.1, 0.15) is 11.5 Å². The molecule has 158 valence electrons. The van der Waals surface area contributed by atoms with E-state index in [9.17, 15) is 0 Å².